The van der Waals surface area contributed by atoms with Crippen molar-refractivity contribution in [3.63, 3.8) is 0 Å². The van der Waals surface area contributed by atoms with Crippen molar-refractivity contribution in [2.24, 2.45) is 0 Å². The lowest BCUT2D eigenvalue weighted by Crippen LogP contribution is -2.24. The molecular formula is C16H21N3O2. The molecule has 2 rings (SSSR count). The van der Waals surface area contributed by atoms with E-state index in [9.17, 15) is 4.79 Å². The molecule has 0 spiro atoms. The molecule has 0 bridgehead atoms. The fraction of sp³-hybridized carbons (Fsp3) is 0.375. The van der Waals surface area contributed by atoms with E-state index in [1.54, 1.807) is 18.3 Å². The van der Waals surface area contributed by atoms with Gasteiger partial charge in [0.2, 0.25) is 0 Å². The van der Waals surface area contributed by atoms with E-state index in [1.165, 1.54) is 0 Å². The van der Waals surface area contributed by atoms with Crippen LogP contribution in [0.2, 0.25) is 0 Å². The van der Waals surface area contributed by atoms with Crippen LogP contribution >= 0.6 is 0 Å². The number of carbonyl (C=O) groups excluding carboxylic acids is 1. The second kappa shape index (κ2) is 6.92. The fourth-order valence-corrected chi connectivity index (χ4v) is 2.02. The molecule has 0 saturated heterocycles. The Morgan fingerprint density at radius 1 is 1.29 bits per heavy atom. The summed E-state index contributed by atoms with van der Waals surface area (Å²) < 4.78 is 7.42. The quantitative estimate of drug-likeness (QED) is 0.888. The lowest BCUT2D eigenvalue weighted by Gasteiger charge is -2.10. The van der Waals surface area contributed by atoms with Crippen molar-refractivity contribution in [3.05, 3.63) is 47.8 Å². The lowest BCUT2D eigenvalue weighted by atomic mass is 10.2. The van der Waals surface area contributed by atoms with E-state index in [2.05, 4.69) is 10.4 Å². The minimum Gasteiger partial charge on any atom is -0.491 e. The number of amides is 1. The number of hydrogen-bond donors (Lipinski definition) is 1. The molecule has 0 atom stereocenters. The number of ether oxygens (including phenoxy) is 1. The SMILES string of the molecule is CCn1nccc1CNC(=O)c1ccc(OC(C)C)cc1. The number of aromatic nitrogens is 2. The van der Waals surface area contributed by atoms with E-state index in [0.29, 0.717) is 12.1 Å². The predicted molar refractivity (Wildman–Crippen MR) is 81.3 cm³/mol. The van der Waals surface area contributed by atoms with Gasteiger partial charge in [-0.1, -0.05) is 0 Å². The molecule has 0 aliphatic heterocycles. The van der Waals surface area contributed by atoms with Gasteiger partial charge in [0.05, 0.1) is 18.3 Å². The second-order valence-electron chi connectivity index (χ2n) is 5.01. The molecule has 2 aromatic rings. The van der Waals surface area contributed by atoms with Gasteiger partial charge in [-0.15, -0.1) is 0 Å². The summed E-state index contributed by atoms with van der Waals surface area (Å²) >= 11 is 0. The molecule has 1 aromatic heterocycles. The Morgan fingerprint density at radius 3 is 2.62 bits per heavy atom. The first-order valence-electron chi connectivity index (χ1n) is 7.15. The van der Waals surface area contributed by atoms with Crippen molar-refractivity contribution in [1.82, 2.24) is 15.1 Å². The summed E-state index contributed by atoms with van der Waals surface area (Å²) in [5.74, 6) is 0.667. The third kappa shape index (κ3) is 4.08. The number of nitrogens with one attached hydrogen (secondary N) is 1. The number of nitrogens with zero attached hydrogens (tertiary/aromatic N) is 2. The van der Waals surface area contributed by atoms with Crippen LogP contribution in [0.1, 0.15) is 36.8 Å². The molecule has 1 N–H and O–H groups in total. The van der Waals surface area contributed by atoms with Crippen LogP contribution < -0.4 is 10.1 Å². The van der Waals surface area contributed by atoms with E-state index in [4.69, 9.17) is 4.74 Å². The maximum Gasteiger partial charge on any atom is 0.251 e. The van der Waals surface area contributed by atoms with E-state index in [-0.39, 0.29) is 12.0 Å². The van der Waals surface area contributed by atoms with Gasteiger partial charge in [0.25, 0.3) is 5.91 Å². The summed E-state index contributed by atoms with van der Waals surface area (Å²) in [5, 5.41) is 7.07. The van der Waals surface area contributed by atoms with Gasteiger partial charge < -0.3 is 10.1 Å². The molecule has 0 fully saturated rings. The van der Waals surface area contributed by atoms with E-state index < -0.39 is 0 Å². The Balaban J connectivity index is 1.94. The minimum absolute atomic E-state index is 0.102. The largest absolute Gasteiger partial charge is 0.491 e. The molecule has 5 heteroatoms. The van der Waals surface area contributed by atoms with Gasteiger partial charge in [-0.3, -0.25) is 9.48 Å². The third-order valence-electron chi connectivity index (χ3n) is 3.02. The van der Waals surface area contributed by atoms with E-state index >= 15 is 0 Å². The van der Waals surface area contributed by atoms with Gasteiger partial charge >= 0.3 is 0 Å². The molecule has 1 heterocycles. The highest BCUT2D eigenvalue weighted by Crippen LogP contribution is 2.13. The number of rotatable bonds is 6. The molecule has 0 aliphatic carbocycles. The molecule has 0 saturated carbocycles. The third-order valence-corrected chi connectivity index (χ3v) is 3.02. The average Bonchev–Trinajstić information content (AvgIpc) is 2.92. The van der Waals surface area contributed by atoms with E-state index in [0.717, 1.165) is 18.0 Å². The summed E-state index contributed by atoms with van der Waals surface area (Å²) in [7, 11) is 0. The molecule has 112 valence electrons. The maximum absolute atomic E-state index is 12.1. The van der Waals surface area contributed by atoms with Crippen molar-refractivity contribution in [2.75, 3.05) is 0 Å². The van der Waals surface area contributed by atoms with Crippen LogP contribution in [0.3, 0.4) is 0 Å². The fourth-order valence-electron chi connectivity index (χ4n) is 2.02. The monoisotopic (exact) mass is 287 g/mol. The molecule has 21 heavy (non-hydrogen) atoms. The van der Waals surface area contributed by atoms with Gasteiger partial charge in [-0.25, -0.2) is 0 Å². The molecule has 0 aliphatic rings. The van der Waals surface area contributed by atoms with Crippen molar-refractivity contribution >= 4 is 5.91 Å². The van der Waals surface area contributed by atoms with Crippen LogP contribution in [0, 0.1) is 0 Å². The average molecular weight is 287 g/mol. The Bertz CT molecular complexity index is 588. The van der Waals surface area contributed by atoms with Crippen LogP contribution in [-0.4, -0.2) is 21.8 Å². The van der Waals surface area contributed by atoms with Gasteiger partial charge in [-0.05, 0) is 51.1 Å². The van der Waals surface area contributed by atoms with Gasteiger partial charge in [0.1, 0.15) is 5.75 Å². The topological polar surface area (TPSA) is 56.2 Å². The highest BCUT2D eigenvalue weighted by Gasteiger charge is 2.07. The molecule has 1 amide bonds. The molecule has 0 radical (unpaired) electrons. The Labute approximate surface area is 124 Å². The van der Waals surface area contributed by atoms with Crippen LogP contribution in [0.4, 0.5) is 0 Å². The minimum atomic E-state index is -0.102. The van der Waals surface area contributed by atoms with Crippen LogP contribution in [-0.2, 0) is 13.1 Å². The van der Waals surface area contributed by atoms with E-state index in [1.807, 2.05) is 43.7 Å². The summed E-state index contributed by atoms with van der Waals surface area (Å²) in [4.78, 5) is 12.1. The van der Waals surface area contributed by atoms with Crippen molar-refractivity contribution < 1.29 is 9.53 Å². The smallest absolute Gasteiger partial charge is 0.251 e. The van der Waals surface area contributed by atoms with Gasteiger partial charge in [-0.2, -0.15) is 5.10 Å². The highest BCUT2D eigenvalue weighted by molar-refractivity contribution is 5.94. The molecule has 1 aromatic carbocycles. The summed E-state index contributed by atoms with van der Waals surface area (Å²) in [5.41, 5.74) is 1.61. The van der Waals surface area contributed by atoms with Crippen molar-refractivity contribution in [1.29, 1.82) is 0 Å². The molecule has 5 nitrogen and oxygen atoms in total. The first kappa shape index (κ1) is 15.1. The summed E-state index contributed by atoms with van der Waals surface area (Å²) in [6, 6.07) is 9.06. The number of benzene rings is 1. The van der Waals surface area contributed by atoms with Crippen molar-refractivity contribution in [3.8, 4) is 5.75 Å². The lowest BCUT2D eigenvalue weighted by molar-refractivity contribution is 0.0950. The Hall–Kier alpha value is -2.30. The van der Waals surface area contributed by atoms with Crippen LogP contribution in [0.5, 0.6) is 5.75 Å². The summed E-state index contributed by atoms with van der Waals surface area (Å²) in [6.07, 6.45) is 1.86. The van der Waals surface area contributed by atoms with Gasteiger partial charge in [0.15, 0.2) is 0 Å². The standard InChI is InChI=1S/C16H21N3O2/c1-4-19-14(9-10-18-19)11-17-16(20)13-5-7-15(8-6-13)21-12(2)3/h5-10,12H,4,11H2,1-3H3,(H,17,20). The van der Waals surface area contributed by atoms with Crippen molar-refractivity contribution in [2.45, 2.75) is 40.0 Å². The zero-order chi connectivity index (χ0) is 15.2. The Morgan fingerprint density at radius 2 is 2.00 bits per heavy atom. The number of carbonyl (C=O) groups is 1. The molecule has 0 unspecified atom stereocenters. The number of aryl methyl sites for hydroxylation is 1. The van der Waals surface area contributed by atoms with Crippen LogP contribution in [0.25, 0.3) is 0 Å². The first-order valence-corrected chi connectivity index (χ1v) is 7.15. The van der Waals surface area contributed by atoms with Crippen LogP contribution in [0.15, 0.2) is 36.5 Å². The first-order chi connectivity index (χ1) is 10.1. The number of hydrogen-bond acceptors (Lipinski definition) is 3. The van der Waals surface area contributed by atoms with Gasteiger partial charge in [0, 0.05) is 18.3 Å². The maximum atomic E-state index is 12.1. The zero-order valence-electron chi connectivity index (χ0n) is 12.7. The normalized spacial score (nSPS) is 10.7. The second-order valence-corrected chi connectivity index (χ2v) is 5.01. The highest BCUT2D eigenvalue weighted by atomic mass is 16.5. The summed E-state index contributed by atoms with van der Waals surface area (Å²) in [6.45, 7) is 7.22. The predicted octanol–water partition coefficient (Wildman–Crippen LogP) is 2.62. The Kier molecular flexibility index (Phi) is 4.98. The zero-order valence-corrected chi connectivity index (χ0v) is 12.7. The molecular weight excluding hydrogens is 266 g/mol.